The molecule has 0 saturated heterocycles. The molecule has 7 nitrogen and oxygen atoms in total. The molecule has 2 aliphatic carbocycles. The number of amides is 3. The first kappa shape index (κ1) is 26.4. The van der Waals surface area contributed by atoms with Gasteiger partial charge in [0, 0.05) is 36.8 Å². The normalized spacial score (nSPS) is 17.4. The van der Waals surface area contributed by atoms with Crippen LogP contribution in [0.5, 0.6) is 11.5 Å². The van der Waals surface area contributed by atoms with E-state index in [0.29, 0.717) is 41.2 Å². The molecular weight excluding hydrogens is 524 g/mol. The maximum absolute atomic E-state index is 12.1. The fourth-order valence-electron chi connectivity index (χ4n) is 5.73. The van der Waals surface area contributed by atoms with Crippen molar-refractivity contribution in [3.63, 3.8) is 0 Å². The molecule has 3 aliphatic rings. The Bertz CT molecular complexity index is 1510. The van der Waals surface area contributed by atoms with E-state index in [-0.39, 0.29) is 18.0 Å². The topological polar surface area (TPSA) is 83.6 Å². The summed E-state index contributed by atoms with van der Waals surface area (Å²) in [5.41, 5.74) is 5.25. The lowest BCUT2D eigenvalue weighted by Gasteiger charge is -2.27. The van der Waals surface area contributed by atoms with Crippen LogP contribution in [0.15, 0.2) is 61.3 Å². The van der Waals surface area contributed by atoms with Crippen LogP contribution >= 0.6 is 11.6 Å². The number of nitrogens with zero attached hydrogens (tertiary/aromatic N) is 2. The number of hydrogen-bond donors (Lipinski definition) is 2. The molecule has 1 aromatic heterocycles. The van der Waals surface area contributed by atoms with Gasteiger partial charge < -0.3 is 20.3 Å². The van der Waals surface area contributed by atoms with Crippen LogP contribution < -0.4 is 15.4 Å². The average molecular weight is 557 g/mol. The van der Waals surface area contributed by atoms with Crippen molar-refractivity contribution in [1.29, 1.82) is 0 Å². The van der Waals surface area contributed by atoms with Crippen LogP contribution in [0.1, 0.15) is 62.0 Å². The third-order valence-electron chi connectivity index (χ3n) is 8.04. The zero-order valence-electron chi connectivity index (χ0n) is 22.4. The van der Waals surface area contributed by atoms with Gasteiger partial charge in [-0.05, 0) is 91.1 Å². The Morgan fingerprint density at radius 3 is 2.62 bits per heavy atom. The molecule has 2 fully saturated rings. The highest BCUT2D eigenvalue weighted by molar-refractivity contribution is 6.33. The summed E-state index contributed by atoms with van der Waals surface area (Å²) >= 11 is 6.50. The van der Waals surface area contributed by atoms with Crippen molar-refractivity contribution in [2.24, 2.45) is 0 Å². The van der Waals surface area contributed by atoms with Crippen LogP contribution in [0.25, 0.3) is 16.5 Å². The van der Waals surface area contributed by atoms with Crippen molar-refractivity contribution in [2.75, 3.05) is 18.4 Å². The quantitative estimate of drug-likeness (QED) is 0.296. The monoisotopic (exact) mass is 556 g/mol. The molecule has 0 spiro atoms. The number of fused-ring (bicyclic) bond motifs is 1. The van der Waals surface area contributed by atoms with Crippen LogP contribution in [0.3, 0.4) is 0 Å². The first-order valence-electron chi connectivity index (χ1n) is 14.1. The minimum atomic E-state index is -0.252. The number of benzene rings is 2. The van der Waals surface area contributed by atoms with Gasteiger partial charge in [0.25, 0.3) is 0 Å². The Balaban J connectivity index is 1.31. The van der Waals surface area contributed by atoms with Gasteiger partial charge in [-0.3, -0.25) is 9.78 Å². The summed E-state index contributed by atoms with van der Waals surface area (Å²) < 4.78 is 6.34. The maximum atomic E-state index is 12.1. The number of anilines is 1. The van der Waals surface area contributed by atoms with Crippen LogP contribution in [0, 0.1) is 0 Å². The van der Waals surface area contributed by atoms with Crippen molar-refractivity contribution >= 4 is 45.7 Å². The maximum Gasteiger partial charge on any atom is 0.319 e. The fourth-order valence-corrected chi connectivity index (χ4v) is 5.95. The van der Waals surface area contributed by atoms with Gasteiger partial charge in [-0.25, -0.2) is 4.79 Å². The second kappa shape index (κ2) is 11.3. The molecule has 6 rings (SSSR count). The molecule has 0 bridgehead atoms. The molecule has 3 amide bonds. The Kier molecular flexibility index (Phi) is 7.48. The molecule has 206 valence electrons. The number of rotatable bonds is 7. The van der Waals surface area contributed by atoms with Gasteiger partial charge in [-0.2, -0.15) is 0 Å². The zero-order chi connectivity index (χ0) is 27.6. The standard InChI is InChI=1S/C32H33ClN4O3/c1-2-31(38)37-15-12-21(13-16-37)24-18-26-29(19-25(24)20-5-3-4-6-20)34-14-11-30(26)40-23-9-10-28(27(33)17-23)36-32(39)35-22-7-8-22/h2,9-12,14,17-20,22H,1,3-8,13,15-16H2,(H2,35,36,39). The van der Waals surface area contributed by atoms with Crippen LogP contribution in [-0.2, 0) is 4.79 Å². The number of halogens is 1. The average Bonchev–Trinajstić information content (AvgIpc) is 3.61. The molecule has 2 heterocycles. The van der Waals surface area contributed by atoms with Crippen LogP contribution in [0.2, 0.25) is 5.02 Å². The minimum absolute atomic E-state index is 0.0341. The highest BCUT2D eigenvalue weighted by atomic mass is 35.5. The van der Waals surface area contributed by atoms with Crippen molar-refractivity contribution in [3.05, 3.63) is 77.5 Å². The van der Waals surface area contributed by atoms with E-state index in [2.05, 4.69) is 35.4 Å². The van der Waals surface area contributed by atoms with E-state index in [4.69, 9.17) is 21.3 Å². The third kappa shape index (κ3) is 5.70. The molecule has 2 aromatic carbocycles. The molecule has 1 aliphatic heterocycles. The Morgan fingerprint density at radius 2 is 1.93 bits per heavy atom. The lowest BCUT2D eigenvalue weighted by atomic mass is 9.86. The molecule has 40 heavy (non-hydrogen) atoms. The van der Waals surface area contributed by atoms with E-state index in [1.807, 2.05) is 11.0 Å². The third-order valence-corrected chi connectivity index (χ3v) is 8.35. The van der Waals surface area contributed by atoms with Gasteiger partial charge in [0.2, 0.25) is 5.91 Å². The summed E-state index contributed by atoms with van der Waals surface area (Å²) in [6.07, 6.45) is 13.0. The number of ether oxygens (including phenoxy) is 1. The molecule has 3 aromatic rings. The number of pyridine rings is 1. The predicted molar refractivity (Wildman–Crippen MR) is 159 cm³/mol. The first-order valence-corrected chi connectivity index (χ1v) is 14.4. The smallest absolute Gasteiger partial charge is 0.319 e. The lowest BCUT2D eigenvalue weighted by Crippen LogP contribution is -2.33. The van der Waals surface area contributed by atoms with Crippen molar-refractivity contribution in [1.82, 2.24) is 15.2 Å². The molecular formula is C32H33ClN4O3. The Labute approximate surface area is 239 Å². The Hall–Kier alpha value is -3.84. The van der Waals surface area contributed by atoms with E-state index in [0.717, 1.165) is 30.2 Å². The minimum Gasteiger partial charge on any atom is -0.457 e. The van der Waals surface area contributed by atoms with Gasteiger partial charge in [0.15, 0.2) is 0 Å². The van der Waals surface area contributed by atoms with Crippen molar-refractivity contribution < 1.29 is 14.3 Å². The number of aromatic nitrogens is 1. The fraction of sp³-hybridized carbons (Fsp3) is 0.344. The molecule has 2 N–H and O–H groups in total. The summed E-state index contributed by atoms with van der Waals surface area (Å²) in [5, 5.41) is 7.03. The van der Waals surface area contributed by atoms with Gasteiger partial charge in [0.1, 0.15) is 11.5 Å². The highest BCUT2D eigenvalue weighted by Crippen LogP contribution is 2.42. The van der Waals surface area contributed by atoms with Gasteiger partial charge in [0.05, 0.1) is 16.2 Å². The Morgan fingerprint density at radius 1 is 1.10 bits per heavy atom. The van der Waals surface area contributed by atoms with Crippen LogP contribution in [0.4, 0.5) is 10.5 Å². The predicted octanol–water partition coefficient (Wildman–Crippen LogP) is 7.42. The number of urea groups is 1. The molecule has 0 atom stereocenters. The highest BCUT2D eigenvalue weighted by Gasteiger charge is 2.25. The van der Waals surface area contributed by atoms with Gasteiger partial charge in [-0.15, -0.1) is 0 Å². The van der Waals surface area contributed by atoms with Gasteiger partial charge in [-0.1, -0.05) is 37.1 Å². The van der Waals surface area contributed by atoms with Crippen LogP contribution in [-0.4, -0.2) is 41.0 Å². The van der Waals surface area contributed by atoms with Crippen molar-refractivity contribution in [3.8, 4) is 11.5 Å². The van der Waals surface area contributed by atoms with E-state index in [9.17, 15) is 9.59 Å². The molecule has 2 saturated carbocycles. The SMILES string of the molecule is C=CC(=O)N1CC=C(c2cc3c(Oc4ccc(NC(=O)NC5CC5)c(Cl)c4)ccnc3cc2C2CCCC2)CC1. The first-order chi connectivity index (χ1) is 19.5. The largest absolute Gasteiger partial charge is 0.457 e. The summed E-state index contributed by atoms with van der Waals surface area (Å²) in [7, 11) is 0. The number of hydrogen-bond acceptors (Lipinski definition) is 4. The number of carbonyl (C=O) groups is 2. The van der Waals surface area contributed by atoms with E-state index in [1.54, 1.807) is 24.4 Å². The second-order valence-corrected chi connectivity index (χ2v) is 11.2. The summed E-state index contributed by atoms with van der Waals surface area (Å²) in [6.45, 7) is 4.88. The van der Waals surface area contributed by atoms with Crippen molar-refractivity contribution in [2.45, 2.75) is 56.9 Å². The lowest BCUT2D eigenvalue weighted by molar-refractivity contribution is -0.125. The number of carbonyl (C=O) groups excluding carboxylic acids is 2. The molecule has 8 heteroatoms. The summed E-state index contributed by atoms with van der Waals surface area (Å²) in [5.74, 6) is 1.73. The number of nitrogens with one attached hydrogen (secondary N) is 2. The van der Waals surface area contributed by atoms with E-state index >= 15 is 0 Å². The summed E-state index contributed by atoms with van der Waals surface area (Å²) in [4.78, 5) is 30.8. The molecule has 0 radical (unpaired) electrons. The molecule has 0 unspecified atom stereocenters. The van der Waals surface area contributed by atoms with E-state index in [1.165, 1.54) is 48.5 Å². The van der Waals surface area contributed by atoms with Gasteiger partial charge >= 0.3 is 6.03 Å². The zero-order valence-corrected chi connectivity index (χ0v) is 23.2. The second-order valence-electron chi connectivity index (χ2n) is 10.8. The summed E-state index contributed by atoms with van der Waals surface area (Å²) in [6, 6.07) is 11.6. The van der Waals surface area contributed by atoms with E-state index < -0.39 is 0 Å².